The number of thiocarbonyl (C=S) groups is 1. The number of amides is 1. The van der Waals surface area contributed by atoms with E-state index in [1.54, 1.807) is 22.5 Å². The highest BCUT2D eigenvalue weighted by atomic mass is 32.2. The molecule has 8 nitrogen and oxygen atoms in total. The molecule has 36 heavy (non-hydrogen) atoms. The molecule has 1 aromatic heterocycles. The molecule has 0 spiro atoms. The minimum atomic E-state index is -0.360. The van der Waals surface area contributed by atoms with E-state index in [1.807, 2.05) is 25.1 Å². The summed E-state index contributed by atoms with van der Waals surface area (Å²) in [6.45, 7) is 4.56. The Morgan fingerprint density at radius 3 is 2.72 bits per heavy atom. The highest BCUT2D eigenvalue weighted by molar-refractivity contribution is 8.26. The van der Waals surface area contributed by atoms with Crippen LogP contribution >= 0.6 is 24.0 Å². The van der Waals surface area contributed by atoms with E-state index in [4.69, 9.17) is 21.7 Å². The Morgan fingerprint density at radius 2 is 2.00 bits per heavy atom. The van der Waals surface area contributed by atoms with Crippen LogP contribution in [0.25, 0.3) is 6.08 Å². The van der Waals surface area contributed by atoms with Crippen LogP contribution in [-0.4, -0.2) is 32.5 Å². The minimum absolute atomic E-state index is 0.0722. The number of hydrogen-bond acceptors (Lipinski definition) is 8. The van der Waals surface area contributed by atoms with Gasteiger partial charge in [0.2, 0.25) is 6.79 Å². The van der Waals surface area contributed by atoms with Gasteiger partial charge in [-0.2, -0.15) is 5.26 Å². The number of thioether (sulfide) groups is 1. The van der Waals surface area contributed by atoms with Crippen molar-refractivity contribution < 1.29 is 14.3 Å². The van der Waals surface area contributed by atoms with Gasteiger partial charge in [-0.1, -0.05) is 42.9 Å². The van der Waals surface area contributed by atoms with Crippen LogP contribution in [0.15, 0.2) is 27.9 Å². The Hall–Kier alpha value is -3.29. The number of ether oxygens (including phenoxy) is 2. The van der Waals surface area contributed by atoms with E-state index < -0.39 is 0 Å². The van der Waals surface area contributed by atoms with Crippen molar-refractivity contribution in [1.29, 1.82) is 5.26 Å². The van der Waals surface area contributed by atoms with Gasteiger partial charge < -0.3 is 14.8 Å². The third-order valence-electron chi connectivity index (χ3n) is 6.88. The topological polar surface area (TPSA) is 96.6 Å². The molecular formula is C26H26N4O4S2. The van der Waals surface area contributed by atoms with Crippen molar-refractivity contribution in [1.82, 2.24) is 9.47 Å². The average molecular weight is 523 g/mol. The number of nitrogens with one attached hydrogen (secondary N) is 1. The smallest absolute Gasteiger partial charge is 0.270 e. The van der Waals surface area contributed by atoms with E-state index in [0.717, 1.165) is 31.2 Å². The fraction of sp³-hybridized carbons (Fsp3) is 0.385. The Kier molecular flexibility index (Phi) is 6.77. The summed E-state index contributed by atoms with van der Waals surface area (Å²) in [5.74, 6) is 1.82. The van der Waals surface area contributed by atoms with Crippen LogP contribution in [0.5, 0.6) is 11.5 Å². The molecule has 1 aliphatic carbocycles. The van der Waals surface area contributed by atoms with E-state index in [-0.39, 0.29) is 29.9 Å². The van der Waals surface area contributed by atoms with Crippen LogP contribution in [-0.2, 0) is 17.9 Å². The molecule has 1 saturated heterocycles. The number of anilines is 1. The Labute approximate surface area is 218 Å². The van der Waals surface area contributed by atoms with Gasteiger partial charge in [-0.05, 0) is 56.0 Å². The number of aromatic nitrogens is 1. The summed E-state index contributed by atoms with van der Waals surface area (Å²) in [6, 6.07) is 7.88. The predicted octanol–water partition coefficient (Wildman–Crippen LogP) is 4.53. The molecule has 1 saturated carbocycles. The molecule has 1 aromatic carbocycles. The number of rotatable bonds is 6. The van der Waals surface area contributed by atoms with Gasteiger partial charge in [0.1, 0.15) is 21.8 Å². The molecule has 10 heteroatoms. The van der Waals surface area contributed by atoms with Crippen LogP contribution < -0.4 is 20.3 Å². The SMILES string of the molecule is CCn1c(NCc2ccc3c(c2)OCO3)c(/C=C2/SC(=S)N(C3CCCC3)C2=O)c(C)c(C#N)c1=O. The zero-order valence-electron chi connectivity index (χ0n) is 20.1. The zero-order chi connectivity index (χ0) is 25.4. The second-order valence-corrected chi connectivity index (χ2v) is 10.6. The number of hydrogen-bond donors (Lipinski definition) is 1. The summed E-state index contributed by atoms with van der Waals surface area (Å²) < 4.78 is 13.0. The molecule has 0 radical (unpaired) electrons. The monoisotopic (exact) mass is 522 g/mol. The van der Waals surface area contributed by atoms with Crippen LogP contribution in [0, 0.1) is 18.3 Å². The third kappa shape index (κ3) is 4.27. The number of pyridine rings is 1. The van der Waals surface area contributed by atoms with E-state index in [2.05, 4.69) is 11.4 Å². The first-order valence-electron chi connectivity index (χ1n) is 12.0. The van der Waals surface area contributed by atoms with Crippen LogP contribution in [0.4, 0.5) is 5.82 Å². The van der Waals surface area contributed by atoms with Crippen molar-refractivity contribution in [2.24, 2.45) is 0 Å². The van der Waals surface area contributed by atoms with Crippen LogP contribution in [0.3, 0.4) is 0 Å². The van der Waals surface area contributed by atoms with Crippen LogP contribution in [0.2, 0.25) is 0 Å². The number of carbonyl (C=O) groups is 1. The molecule has 1 N–H and O–H groups in total. The number of carbonyl (C=O) groups excluding carboxylic acids is 1. The maximum atomic E-state index is 13.4. The normalized spacial score (nSPS) is 18.4. The lowest BCUT2D eigenvalue weighted by Crippen LogP contribution is -2.36. The van der Waals surface area contributed by atoms with Crippen molar-refractivity contribution in [3.63, 3.8) is 0 Å². The molecule has 5 rings (SSSR count). The van der Waals surface area contributed by atoms with Crippen molar-refractivity contribution in [2.75, 3.05) is 12.1 Å². The van der Waals surface area contributed by atoms with Crippen molar-refractivity contribution in [3.05, 3.63) is 55.7 Å². The molecule has 2 aliphatic heterocycles. The second kappa shape index (κ2) is 9.99. The molecule has 186 valence electrons. The highest BCUT2D eigenvalue weighted by Crippen LogP contribution is 2.39. The van der Waals surface area contributed by atoms with E-state index >= 15 is 0 Å². The van der Waals surface area contributed by atoms with Gasteiger partial charge in [-0.25, -0.2) is 0 Å². The quantitative estimate of drug-likeness (QED) is 0.437. The first-order chi connectivity index (χ1) is 17.4. The third-order valence-corrected chi connectivity index (χ3v) is 8.21. The summed E-state index contributed by atoms with van der Waals surface area (Å²) in [5.41, 5.74) is 1.83. The van der Waals surface area contributed by atoms with Gasteiger partial charge in [-0.3, -0.25) is 19.1 Å². The van der Waals surface area contributed by atoms with E-state index in [9.17, 15) is 14.9 Å². The van der Waals surface area contributed by atoms with Gasteiger partial charge in [-0.15, -0.1) is 0 Å². The standard InChI is InChI=1S/C26H26N4O4S2/c1-3-29-23(28-13-16-8-9-20-21(10-16)34-14-33-20)18(15(2)19(12-27)24(29)31)11-22-25(32)30(26(35)36-22)17-6-4-5-7-17/h8-11,17,28H,3-7,13-14H2,1-2H3/b22-11+. The number of nitriles is 1. The van der Waals surface area contributed by atoms with Gasteiger partial charge in [0, 0.05) is 24.7 Å². The summed E-state index contributed by atoms with van der Waals surface area (Å²) in [6.07, 6.45) is 5.89. The van der Waals surface area contributed by atoms with E-state index in [0.29, 0.717) is 50.8 Å². The molecular weight excluding hydrogens is 496 g/mol. The first-order valence-corrected chi connectivity index (χ1v) is 13.2. The molecule has 0 atom stereocenters. The maximum Gasteiger partial charge on any atom is 0.270 e. The summed E-state index contributed by atoms with van der Waals surface area (Å²) in [5, 5.41) is 13.1. The molecule has 3 heterocycles. The number of fused-ring (bicyclic) bond motifs is 1. The fourth-order valence-electron chi connectivity index (χ4n) is 4.98. The highest BCUT2D eigenvalue weighted by Gasteiger charge is 2.38. The summed E-state index contributed by atoms with van der Waals surface area (Å²) in [4.78, 5) is 28.7. The van der Waals surface area contributed by atoms with Crippen molar-refractivity contribution >= 4 is 46.1 Å². The molecule has 2 aromatic rings. The summed E-state index contributed by atoms with van der Waals surface area (Å²) in [7, 11) is 0. The fourth-order valence-corrected chi connectivity index (χ4v) is 6.36. The molecule has 2 fully saturated rings. The summed E-state index contributed by atoms with van der Waals surface area (Å²) >= 11 is 6.85. The van der Waals surface area contributed by atoms with Crippen molar-refractivity contribution in [2.45, 2.75) is 58.7 Å². The largest absolute Gasteiger partial charge is 0.454 e. The lowest BCUT2D eigenvalue weighted by atomic mass is 10.0. The predicted molar refractivity (Wildman–Crippen MR) is 143 cm³/mol. The zero-order valence-corrected chi connectivity index (χ0v) is 21.8. The Morgan fingerprint density at radius 1 is 1.25 bits per heavy atom. The number of benzene rings is 1. The minimum Gasteiger partial charge on any atom is -0.454 e. The van der Waals surface area contributed by atoms with Crippen molar-refractivity contribution in [3.8, 4) is 17.6 Å². The Bertz CT molecular complexity index is 1390. The molecule has 0 bridgehead atoms. The maximum absolute atomic E-state index is 13.4. The molecule has 0 unspecified atom stereocenters. The van der Waals surface area contributed by atoms with Gasteiger partial charge in [0.25, 0.3) is 11.5 Å². The lowest BCUT2D eigenvalue weighted by Gasteiger charge is -2.22. The average Bonchev–Trinajstić information content (AvgIpc) is 3.61. The Balaban J connectivity index is 1.54. The second-order valence-electron chi connectivity index (χ2n) is 8.95. The molecule has 1 amide bonds. The van der Waals surface area contributed by atoms with E-state index in [1.165, 1.54) is 11.8 Å². The van der Waals surface area contributed by atoms with Gasteiger partial charge in [0.05, 0.1) is 4.91 Å². The first kappa shape index (κ1) is 24.4. The van der Waals surface area contributed by atoms with Gasteiger partial charge >= 0.3 is 0 Å². The lowest BCUT2D eigenvalue weighted by molar-refractivity contribution is -0.123. The van der Waals surface area contributed by atoms with Crippen LogP contribution in [0.1, 0.15) is 54.9 Å². The van der Waals surface area contributed by atoms with Gasteiger partial charge in [0.15, 0.2) is 11.5 Å². The molecule has 3 aliphatic rings. The number of nitrogens with zero attached hydrogens (tertiary/aromatic N) is 3.